The molecular formula is C13H22N2O. The van der Waals surface area contributed by atoms with E-state index in [1.54, 1.807) is 0 Å². The third-order valence-electron chi connectivity index (χ3n) is 3.46. The maximum Gasteiger partial charge on any atom is 0.195 e. The summed E-state index contributed by atoms with van der Waals surface area (Å²) in [5.41, 5.74) is 0. The molecule has 1 aliphatic rings. The lowest BCUT2D eigenvalue weighted by Gasteiger charge is -2.05. The highest BCUT2D eigenvalue weighted by atomic mass is 16.4. The molecule has 16 heavy (non-hydrogen) atoms. The molecule has 0 radical (unpaired) electrons. The summed E-state index contributed by atoms with van der Waals surface area (Å²) in [6.45, 7) is 0.933. The van der Waals surface area contributed by atoms with Crippen LogP contribution < -0.4 is 5.32 Å². The van der Waals surface area contributed by atoms with Crippen molar-refractivity contribution >= 4 is 0 Å². The van der Waals surface area contributed by atoms with E-state index in [0.29, 0.717) is 0 Å². The topological polar surface area (TPSA) is 38.1 Å². The highest BCUT2D eigenvalue weighted by molar-refractivity contribution is 4.95. The molecule has 0 saturated heterocycles. The number of aryl methyl sites for hydroxylation is 1. The summed E-state index contributed by atoms with van der Waals surface area (Å²) in [5, 5.41) is 3.10. The van der Waals surface area contributed by atoms with E-state index < -0.39 is 0 Å². The van der Waals surface area contributed by atoms with E-state index in [2.05, 4.69) is 10.3 Å². The van der Waals surface area contributed by atoms with E-state index in [1.807, 2.05) is 13.2 Å². The predicted octanol–water partition coefficient (Wildman–Crippen LogP) is 2.56. The Balaban J connectivity index is 1.73. The van der Waals surface area contributed by atoms with Crippen molar-refractivity contribution in [3.8, 4) is 0 Å². The van der Waals surface area contributed by atoms with Gasteiger partial charge in [-0.3, -0.25) is 0 Å². The molecule has 1 heterocycles. The van der Waals surface area contributed by atoms with Crippen molar-refractivity contribution < 1.29 is 4.42 Å². The molecule has 1 saturated carbocycles. The lowest BCUT2D eigenvalue weighted by atomic mass is 10.0. The molecule has 1 aliphatic carbocycles. The molecule has 1 aromatic heterocycles. The number of rotatable bonds is 6. The van der Waals surface area contributed by atoms with E-state index >= 15 is 0 Å². The molecule has 2 rings (SSSR count). The Bertz CT molecular complexity index is 303. The van der Waals surface area contributed by atoms with E-state index in [1.165, 1.54) is 32.1 Å². The molecule has 0 bridgehead atoms. The standard InChI is InChI=1S/C13H22N2O/c1-14-9-8-13-15-10-12(16-13)7-6-11-4-2-3-5-11/h10-11,14H,2-9H2,1H3. The second kappa shape index (κ2) is 6.04. The first-order valence-corrected chi connectivity index (χ1v) is 6.46. The zero-order valence-corrected chi connectivity index (χ0v) is 10.2. The fourth-order valence-electron chi connectivity index (χ4n) is 2.46. The van der Waals surface area contributed by atoms with Crippen LogP contribution in [0.25, 0.3) is 0 Å². The van der Waals surface area contributed by atoms with Crippen LogP contribution in [-0.4, -0.2) is 18.6 Å². The zero-order valence-electron chi connectivity index (χ0n) is 10.2. The molecule has 3 heteroatoms. The monoisotopic (exact) mass is 222 g/mol. The molecule has 0 aliphatic heterocycles. The first kappa shape index (κ1) is 11.6. The minimum Gasteiger partial charge on any atom is -0.446 e. The minimum absolute atomic E-state index is 0.871. The van der Waals surface area contributed by atoms with Crippen LogP contribution >= 0.6 is 0 Å². The normalized spacial score (nSPS) is 17.1. The number of hydrogen-bond donors (Lipinski definition) is 1. The quantitative estimate of drug-likeness (QED) is 0.804. The van der Waals surface area contributed by atoms with Crippen molar-refractivity contribution in [2.75, 3.05) is 13.6 Å². The first-order chi connectivity index (χ1) is 7.88. The molecule has 0 unspecified atom stereocenters. The number of nitrogens with one attached hydrogen (secondary N) is 1. The predicted molar refractivity (Wildman–Crippen MR) is 64.4 cm³/mol. The Morgan fingerprint density at radius 3 is 2.94 bits per heavy atom. The number of hydrogen-bond acceptors (Lipinski definition) is 3. The molecule has 1 N–H and O–H groups in total. The van der Waals surface area contributed by atoms with Crippen LogP contribution in [0.2, 0.25) is 0 Å². The summed E-state index contributed by atoms with van der Waals surface area (Å²) >= 11 is 0. The van der Waals surface area contributed by atoms with Gasteiger partial charge in [-0.15, -0.1) is 0 Å². The van der Waals surface area contributed by atoms with Gasteiger partial charge in [0.15, 0.2) is 5.89 Å². The van der Waals surface area contributed by atoms with E-state index in [4.69, 9.17) is 4.42 Å². The van der Waals surface area contributed by atoms with Crippen LogP contribution in [0.1, 0.15) is 43.8 Å². The number of nitrogens with zero attached hydrogens (tertiary/aromatic N) is 1. The van der Waals surface area contributed by atoms with Crippen molar-refractivity contribution in [1.82, 2.24) is 10.3 Å². The molecule has 90 valence electrons. The van der Waals surface area contributed by atoms with Crippen molar-refractivity contribution in [2.45, 2.75) is 44.9 Å². The second-order valence-electron chi connectivity index (χ2n) is 4.76. The summed E-state index contributed by atoms with van der Waals surface area (Å²) in [5.74, 6) is 2.87. The van der Waals surface area contributed by atoms with Gasteiger partial charge in [-0.2, -0.15) is 0 Å². The van der Waals surface area contributed by atoms with Gasteiger partial charge in [0.2, 0.25) is 0 Å². The lowest BCUT2D eigenvalue weighted by Crippen LogP contribution is -2.10. The van der Waals surface area contributed by atoms with E-state index in [9.17, 15) is 0 Å². The van der Waals surface area contributed by atoms with Crippen molar-refractivity contribution in [3.05, 3.63) is 17.8 Å². The second-order valence-corrected chi connectivity index (χ2v) is 4.76. The number of aromatic nitrogens is 1. The van der Waals surface area contributed by atoms with Crippen molar-refractivity contribution in [2.24, 2.45) is 5.92 Å². The zero-order chi connectivity index (χ0) is 11.2. The summed E-state index contributed by atoms with van der Waals surface area (Å²) in [6, 6.07) is 0. The van der Waals surface area contributed by atoms with Gasteiger partial charge in [0.05, 0.1) is 6.20 Å². The maximum atomic E-state index is 5.69. The third kappa shape index (κ3) is 3.34. The summed E-state index contributed by atoms with van der Waals surface area (Å²) < 4.78 is 5.69. The SMILES string of the molecule is CNCCc1ncc(CCC2CCCC2)o1. The molecule has 0 spiro atoms. The molecule has 1 fully saturated rings. The largest absolute Gasteiger partial charge is 0.446 e. The molecular weight excluding hydrogens is 200 g/mol. The van der Waals surface area contributed by atoms with E-state index in [-0.39, 0.29) is 0 Å². The van der Waals surface area contributed by atoms with Gasteiger partial charge in [-0.05, 0) is 19.4 Å². The molecule has 0 amide bonds. The fraction of sp³-hybridized carbons (Fsp3) is 0.769. The Hall–Kier alpha value is -0.830. The lowest BCUT2D eigenvalue weighted by molar-refractivity contribution is 0.420. The number of likely N-dealkylation sites (N-methyl/N-ethyl adjacent to an activating group) is 1. The minimum atomic E-state index is 0.871. The first-order valence-electron chi connectivity index (χ1n) is 6.46. The summed E-state index contributed by atoms with van der Waals surface area (Å²) in [4.78, 5) is 4.29. The van der Waals surface area contributed by atoms with Crippen molar-refractivity contribution in [3.63, 3.8) is 0 Å². The highest BCUT2D eigenvalue weighted by Crippen LogP contribution is 2.28. The Labute approximate surface area is 97.6 Å². The fourth-order valence-corrected chi connectivity index (χ4v) is 2.46. The van der Waals surface area contributed by atoms with E-state index in [0.717, 1.165) is 37.0 Å². The van der Waals surface area contributed by atoms with Gasteiger partial charge in [0.25, 0.3) is 0 Å². The Kier molecular flexibility index (Phi) is 4.40. The summed E-state index contributed by atoms with van der Waals surface area (Å²) in [7, 11) is 1.95. The Morgan fingerprint density at radius 1 is 1.38 bits per heavy atom. The van der Waals surface area contributed by atoms with Crippen LogP contribution in [-0.2, 0) is 12.8 Å². The van der Waals surface area contributed by atoms with Crippen LogP contribution in [0.3, 0.4) is 0 Å². The highest BCUT2D eigenvalue weighted by Gasteiger charge is 2.15. The van der Waals surface area contributed by atoms with Crippen molar-refractivity contribution in [1.29, 1.82) is 0 Å². The summed E-state index contributed by atoms with van der Waals surface area (Å²) in [6.07, 6.45) is 10.8. The van der Waals surface area contributed by atoms with Gasteiger partial charge in [0.1, 0.15) is 5.76 Å². The van der Waals surface area contributed by atoms with Crippen LogP contribution in [0.15, 0.2) is 10.6 Å². The molecule has 0 atom stereocenters. The third-order valence-corrected chi connectivity index (χ3v) is 3.46. The molecule has 0 aromatic carbocycles. The maximum absolute atomic E-state index is 5.69. The van der Waals surface area contributed by atoms with Gasteiger partial charge >= 0.3 is 0 Å². The van der Waals surface area contributed by atoms with Crippen LogP contribution in [0, 0.1) is 5.92 Å². The molecule has 1 aromatic rings. The molecule has 3 nitrogen and oxygen atoms in total. The van der Waals surface area contributed by atoms with Crippen LogP contribution in [0.5, 0.6) is 0 Å². The smallest absolute Gasteiger partial charge is 0.195 e. The van der Waals surface area contributed by atoms with Gasteiger partial charge in [0, 0.05) is 19.4 Å². The van der Waals surface area contributed by atoms with Gasteiger partial charge in [-0.1, -0.05) is 25.7 Å². The average molecular weight is 222 g/mol. The Morgan fingerprint density at radius 2 is 2.19 bits per heavy atom. The van der Waals surface area contributed by atoms with Gasteiger partial charge in [-0.25, -0.2) is 4.98 Å². The average Bonchev–Trinajstić information content (AvgIpc) is 2.95. The van der Waals surface area contributed by atoms with Crippen LogP contribution in [0.4, 0.5) is 0 Å². The van der Waals surface area contributed by atoms with Gasteiger partial charge < -0.3 is 9.73 Å². The number of oxazole rings is 1.